The van der Waals surface area contributed by atoms with Gasteiger partial charge in [0.15, 0.2) is 0 Å². The SMILES string of the molecule is O=C(NC1CCN(c2ncnc3[nH]cc(Cl)c23)CC1)c1ccccc1. The molecular formula is C18H18ClN5O. The summed E-state index contributed by atoms with van der Waals surface area (Å²) < 4.78 is 0. The van der Waals surface area contributed by atoms with E-state index in [4.69, 9.17) is 11.6 Å². The number of fused-ring (bicyclic) bond motifs is 1. The van der Waals surface area contributed by atoms with Gasteiger partial charge in [0, 0.05) is 30.9 Å². The minimum Gasteiger partial charge on any atom is -0.356 e. The summed E-state index contributed by atoms with van der Waals surface area (Å²) in [5.74, 6) is 0.834. The van der Waals surface area contributed by atoms with Gasteiger partial charge in [-0.05, 0) is 25.0 Å². The van der Waals surface area contributed by atoms with E-state index in [1.807, 2.05) is 30.3 Å². The number of benzene rings is 1. The lowest BCUT2D eigenvalue weighted by Crippen LogP contribution is -2.45. The highest BCUT2D eigenvalue weighted by Gasteiger charge is 2.24. The number of carbonyl (C=O) groups is 1. The summed E-state index contributed by atoms with van der Waals surface area (Å²) in [5.41, 5.74) is 1.44. The number of aromatic amines is 1. The van der Waals surface area contributed by atoms with Gasteiger partial charge in [0.2, 0.25) is 0 Å². The van der Waals surface area contributed by atoms with Gasteiger partial charge in [-0.2, -0.15) is 0 Å². The van der Waals surface area contributed by atoms with Crippen molar-refractivity contribution in [3.05, 3.63) is 53.4 Å². The van der Waals surface area contributed by atoms with E-state index in [2.05, 4.69) is 25.2 Å². The van der Waals surface area contributed by atoms with Gasteiger partial charge in [-0.15, -0.1) is 0 Å². The Bertz CT molecular complexity index is 887. The van der Waals surface area contributed by atoms with Crippen molar-refractivity contribution >= 4 is 34.4 Å². The largest absolute Gasteiger partial charge is 0.356 e. The number of nitrogens with one attached hydrogen (secondary N) is 2. The van der Waals surface area contributed by atoms with Gasteiger partial charge in [0.1, 0.15) is 17.8 Å². The van der Waals surface area contributed by atoms with Gasteiger partial charge in [-0.3, -0.25) is 4.79 Å². The zero-order valence-electron chi connectivity index (χ0n) is 13.6. The zero-order chi connectivity index (χ0) is 17.2. The van der Waals surface area contributed by atoms with Crippen LogP contribution in [0.4, 0.5) is 5.82 Å². The summed E-state index contributed by atoms with van der Waals surface area (Å²) in [7, 11) is 0. The number of nitrogens with zero attached hydrogens (tertiary/aromatic N) is 3. The second-order valence-corrected chi connectivity index (χ2v) is 6.57. The molecule has 0 aliphatic carbocycles. The molecule has 1 aliphatic rings. The summed E-state index contributed by atoms with van der Waals surface area (Å²) in [6.45, 7) is 1.63. The molecule has 4 rings (SSSR count). The predicted octanol–water partition coefficient (Wildman–Crippen LogP) is 3.01. The Morgan fingerprint density at radius 2 is 1.96 bits per heavy atom. The summed E-state index contributed by atoms with van der Waals surface area (Å²) >= 11 is 6.27. The number of hydrogen-bond donors (Lipinski definition) is 2. The maximum atomic E-state index is 12.3. The second-order valence-electron chi connectivity index (χ2n) is 6.16. The van der Waals surface area contributed by atoms with Crippen LogP contribution in [0.2, 0.25) is 5.02 Å². The topological polar surface area (TPSA) is 73.9 Å². The predicted molar refractivity (Wildman–Crippen MR) is 98.0 cm³/mol. The van der Waals surface area contributed by atoms with Crippen molar-refractivity contribution in [1.29, 1.82) is 0 Å². The molecule has 7 heteroatoms. The fourth-order valence-electron chi connectivity index (χ4n) is 3.24. The molecule has 128 valence electrons. The van der Waals surface area contributed by atoms with E-state index < -0.39 is 0 Å². The summed E-state index contributed by atoms with van der Waals surface area (Å²) in [6.07, 6.45) is 5.02. The van der Waals surface area contributed by atoms with E-state index in [1.165, 1.54) is 0 Å². The lowest BCUT2D eigenvalue weighted by Gasteiger charge is -2.33. The molecule has 1 saturated heterocycles. The molecule has 0 radical (unpaired) electrons. The maximum Gasteiger partial charge on any atom is 0.251 e. The van der Waals surface area contributed by atoms with Crippen LogP contribution in [-0.4, -0.2) is 40.0 Å². The van der Waals surface area contributed by atoms with Crippen molar-refractivity contribution < 1.29 is 4.79 Å². The fraction of sp³-hybridized carbons (Fsp3) is 0.278. The van der Waals surface area contributed by atoms with E-state index in [9.17, 15) is 4.79 Å². The Morgan fingerprint density at radius 1 is 1.20 bits per heavy atom. The van der Waals surface area contributed by atoms with Crippen LogP contribution in [0.15, 0.2) is 42.9 Å². The highest BCUT2D eigenvalue weighted by molar-refractivity contribution is 6.36. The molecule has 2 N–H and O–H groups in total. The molecule has 2 aromatic heterocycles. The van der Waals surface area contributed by atoms with Crippen LogP contribution in [0.5, 0.6) is 0 Å². The minimum atomic E-state index is -0.0165. The molecule has 0 unspecified atom stereocenters. The van der Waals surface area contributed by atoms with Crippen LogP contribution in [0, 0.1) is 0 Å². The third-order valence-electron chi connectivity index (χ3n) is 4.57. The molecule has 0 atom stereocenters. The van der Waals surface area contributed by atoms with Crippen molar-refractivity contribution in [3.8, 4) is 0 Å². The van der Waals surface area contributed by atoms with Crippen molar-refractivity contribution in [2.45, 2.75) is 18.9 Å². The van der Waals surface area contributed by atoms with Crippen LogP contribution in [0.3, 0.4) is 0 Å². The van der Waals surface area contributed by atoms with Crippen LogP contribution in [-0.2, 0) is 0 Å². The lowest BCUT2D eigenvalue weighted by atomic mass is 10.0. The smallest absolute Gasteiger partial charge is 0.251 e. The number of piperidine rings is 1. The molecule has 3 aromatic rings. The molecule has 0 bridgehead atoms. The number of rotatable bonds is 3. The molecule has 1 amide bonds. The first-order valence-corrected chi connectivity index (χ1v) is 8.68. The third kappa shape index (κ3) is 3.17. The number of carbonyl (C=O) groups excluding carboxylic acids is 1. The van der Waals surface area contributed by atoms with Crippen molar-refractivity contribution in [2.24, 2.45) is 0 Å². The van der Waals surface area contributed by atoms with Crippen LogP contribution in [0.25, 0.3) is 11.0 Å². The summed E-state index contributed by atoms with van der Waals surface area (Å²) in [5, 5.41) is 4.61. The van der Waals surface area contributed by atoms with E-state index in [0.717, 1.165) is 42.8 Å². The number of aromatic nitrogens is 3. The van der Waals surface area contributed by atoms with E-state index >= 15 is 0 Å². The van der Waals surface area contributed by atoms with Gasteiger partial charge in [0.25, 0.3) is 5.91 Å². The number of halogens is 1. The van der Waals surface area contributed by atoms with E-state index in [-0.39, 0.29) is 11.9 Å². The molecule has 6 nitrogen and oxygen atoms in total. The van der Waals surface area contributed by atoms with E-state index in [0.29, 0.717) is 10.6 Å². The van der Waals surface area contributed by atoms with Crippen LogP contribution >= 0.6 is 11.6 Å². The molecule has 25 heavy (non-hydrogen) atoms. The van der Waals surface area contributed by atoms with Crippen molar-refractivity contribution in [3.63, 3.8) is 0 Å². The van der Waals surface area contributed by atoms with Gasteiger partial charge < -0.3 is 15.2 Å². The standard InChI is InChI=1S/C18H18ClN5O/c19-14-10-20-16-15(14)17(22-11-21-16)24-8-6-13(7-9-24)23-18(25)12-4-2-1-3-5-12/h1-5,10-11,13H,6-9H2,(H,23,25)(H,20,21,22). The number of hydrogen-bond acceptors (Lipinski definition) is 4. The second kappa shape index (κ2) is 6.72. The first-order chi connectivity index (χ1) is 12.2. The third-order valence-corrected chi connectivity index (χ3v) is 4.87. The lowest BCUT2D eigenvalue weighted by molar-refractivity contribution is 0.0931. The average Bonchev–Trinajstić information content (AvgIpc) is 3.04. The normalized spacial score (nSPS) is 15.5. The first-order valence-electron chi connectivity index (χ1n) is 8.31. The minimum absolute atomic E-state index is 0.0165. The Labute approximate surface area is 150 Å². The van der Waals surface area contributed by atoms with Gasteiger partial charge in [-0.1, -0.05) is 29.8 Å². The van der Waals surface area contributed by atoms with Crippen molar-refractivity contribution in [2.75, 3.05) is 18.0 Å². The average molecular weight is 356 g/mol. The molecule has 1 fully saturated rings. The number of anilines is 1. The molecule has 0 saturated carbocycles. The molecule has 1 aliphatic heterocycles. The fourth-order valence-corrected chi connectivity index (χ4v) is 3.47. The Morgan fingerprint density at radius 3 is 2.72 bits per heavy atom. The summed E-state index contributed by atoms with van der Waals surface area (Å²) in [4.78, 5) is 26.2. The van der Waals surface area contributed by atoms with Crippen LogP contribution < -0.4 is 10.2 Å². The van der Waals surface area contributed by atoms with Gasteiger partial charge >= 0.3 is 0 Å². The zero-order valence-corrected chi connectivity index (χ0v) is 14.3. The Balaban J connectivity index is 1.43. The van der Waals surface area contributed by atoms with Crippen molar-refractivity contribution in [1.82, 2.24) is 20.3 Å². The summed E-state index contributed by atoms with van der Waals surface area (Å²) in [6, 6.07) is 9.48. The maximum absolute atomic E-state index is 12.3. The number of H-pyrrole nitrogens is 1. The Kier molecular flexibility index (Phi) is 4.28. The van der Waals surface area contributed by atoms with Crippen LogP contribution in [0.1, 0.15) is 23.2 Å². The van der Waals surface area contributed by atoms with E-state index in [1.54, 1.807) is 12.5 Å². The van der Waals surface area contributed by atoms with Gasteiger partial charge in [-0.25, -0.2) is 9.97 Å². The Hall–Kier alpha value is -2.60. The first kappa shape index (κ1) is 15.9. The highest BCUT2D eigenvalue weighted by atomic mass is 35.5. The molecule has 1 aromatic carbocycles. The number of amides is 1. The molecule has 0 spiro atoms. The molecule has 3 heterocycles. The quantitative estimate of drug-likeness (QED) is 0.757. The van der Waals surface area contributed by atoms with Gasteiger partial charge in [0.05, 0.1) is 10.4 Å². The molecular weight excluding hydrogens is 338 g/mol. The highest BCUT2D eigenvalue weighted by Crippen LogP contribution is 2.31. The monoisotopic (exact) mass is 355 g/mol.